The smallest absolute Gasteiger partial charge is 0.228 e. The summed E-state index contributed by atoms with van der Waals surface area (Å²) < 4.78 is 16.3. The molecule has 2 aromatic rings. The maximum absolute atomic E-state index is 5.97. The van der Waals surface area contributed by atoms with E-state index in [-0.39, 0.29) is 16.9 Å². The number of ether oxygens (including phenoxy) is 3. The molecule has 106 valence electrons. The van der Waals surface area contributed by atoms with Gasteiger partial charge < -0.3 is 14.2 Å². The molecule has 0 saturated carbocycles. The summed E-state index contributed by atoms with van der Waals surface area (Å²) in [6.45, 7) is 0. The van der Waals surface area contributed by atoms with E-state index in [9.17, 15) is 0 Å². The second-order valence-corrected chi connectivity index (χ2v) is 4.30. The Morgan fingerprint density at radius 1 is 1.10 bits per heavy atom. The minimum atomic E-state index is 0.131. The number of methoxy groups -OCH3 is 2. The number of rotatable bonds is 5. The molecule has 0 aliphatic heterocycles. The van der Waals surface area contributed by atoms with Crippen molar-refractivity contribution in [2.75, 3.05) is 14.2 Å². The van der Waals surface area contributed by atoms with Gasteiger partial charge in [0.1, 0.15) is 11.5 Å². The number of aromatic nitrogens is 2. The van der Waals surface area contributed by atoms with Crippen LogP contribution in [0.25, 0.3) is 0 Å². The van der Waals surface area contributed by atoms with Crippen LogP contribution in [0.3, 0.4) is 0 Å². The summed E-state index contributed by atoms with van der Waals surface area (Å²) in [5.74, 6) is 1.83. The second kappa shape index (κ2) is 6.63. The molecule has 1 heterocycles. The van der Waals surface area contributed by atoms with Crippen LogP contribution in [0.2, 0.25) is 5.15 Å². The molecule has 0 saturated heterocycles. The molecule has 0 N–H and O–H groups in total. The van der Waals surface area contributed by atoms with Gasteiger partial charge in [0.15, 0.2) is 11.5 Å². The van der Waals surface area contributed by atoms with E-state index in [1.807, 2.05) is 0 Å². The van der Waals surface area contributed by atoms with E-state index in [4.69, 9.17) is 37.4 Å². The SMILES string of the molecule is COc1cccc(OC)c1Oc1ncnc(Cl)c1CCl. The third-order valence-corrected chi connectivity index (χ3v) is 3.16. The summed E-state index contributed by atoms with van der Waals surface area (Å²) in [4.78, 5) is 7.91. The topological polar surface area (TPSA) is 53.5 Å². The van der Waals surface area contributed by atoms with Crippen molar-refractivity contribution in [1.29, 1.82) is 0 Å². The van der Waals surface area contributed by atoms with E-state index in [0.29, 0.717) is 22.8 Å². The lowest BCUT2D eigenvalue weighted by Crippen LogP contribution is -1.99. The molecule has 0 spiro atoms. The first-order chi connectivity index (χ1) is 9.71. The van der Waals surface area contributed by atoms with Gasteiger partial charge in [-0.1, -0.05) is 17.7 Å². The lowest BCUT2D eigenvalue weighted by molar-refractivity contribution is 0.340. The van der Waals surface area contributed by atoms with Crippen LogP contribution in [0.1, 0.15) is 5.56 Å². The average Bonchev–Trinajstić information content (AvgIpc) is 2.47. The molecular weight excluding hydrogens is 303 g/mol. The first-order valence-corrected chi connectivity index (χ1v) is 6.56. The Morgan fingerprint density at radius 3 is 2.30 bits per heavy atom. The van der Waals surface area contributed by atoms with E-state index >= 15 is 0 Å². The van der Waals surface area contributed by atoms with Gasteiger partial charge >= 0.3 is 0 Å². The molecule has 1 aromatic heterocycles. The molecule has 0 unspecified atom stereocenters. The van der Waals surface area contributed by atoms with Crippen molar-refractivity contribution in [2.24, 2.45) is 0 Å². The zero-order chi connectivity index (χ0) is 14.5. The zero-order valence-corrected chi connectivity index (χ0v) is 12.4. The molecule has 0 aliphatic carbocycles. The van der Waals surface area contributed by atoms with Crippen LogP contribution in [0.5, 0.6) is 23.1 Å². The molecule has 20 heavy (non-hydrogen) atoms. The van der Waals surface area contributed by atoms with Gasteiger partial charge in [-0.25, -0.2) is 9.97 Å². The number of halogens is 2. The quantitative estimate of drug-likeness (QED) is 0.622. The highest BCUT2D eigenvalue weighted by atomic mass is 35.5. The van der Waals surface area contributed by atoms with Gasteiger partial charge in [0, 0.05) is 0 Å². The largest absolute Gasteiger partial charge is 0.493 e. The van der Waals surface area contributed by atoms with E-state index in [2.05, 4.69) is 9.97 Å². The van der Waals surface area contributed by atoms with E-state index < -0.39 is 0 Å². The van der Waals surface area contributed by atoms with E-state index in [1.165, 1.54) is 20.5 Å². The number of nitrogens with zero attached hydrogens (tertiary/aromatic N) is 2. The van der Waals surface area contributed by atoms with Gasteiger partial charge in [0.2, 0.25) is 11.6 Å². The molecule has 0 aliphatic rings. The maximum Gasteiger partial charge on any atom is 0.228 e. The van der Waals surface area contributed by atoms with Gasteiger partial charge in [-0.2, -0.15) is 0 Å². The first kappa shape index (κ1) is 14.7. The van der Waals surface area contributed by atoms with Crippen LogP contribution < -0.4 is 14.2 Å². The fourth-order valence-corrected chi connectivity index (χ4v) is 2.09. The van der Waals surface area contributed by atoms with Crippen LogP contribution in [0.4, 0.5) is 0 Å². The first-order valence-electron chi connectivity index (χ1n) is 5.65. The van der Waals surface area contributed by atoms with Gasteiger partial charge in [0.25, 0.3) is 0 Å². The Labute approximate surface area is 126 Å². The highest BCUT2D eigenvalue weighted by molar-refractivity contribution is 6.31. The fourth-order valence-electron chi connectivity index (χ4n) is 1.59. The summed E-state index contributed by atoms with van der Waals surface area (Å²) >= 11 is 11.8. The van der Waals surface area contributed by atoms with E-state index in [1.54, 1.807) is 18.2 Å². The van der Waals surface area contributed by atoms with Crippen molar-refractivity contribution < 1.29 is 14.2 Å². The summed E-state index contributed by atoms with van der Waals surface area (Å²) in [6, 6.07) is 5.29. The highest BCUT2D eigenvalue weighted by Crippen LogP contribution is 2.40. The third-order valence-electron chi connectivity index (χ3n) is 2.57. The highest BCUT2D eigenvalue weighted by Gasteiger charge is 2.17. The van der Waals surface area contributed by atoms with Crippen molar-refractivity contribution in [3.05, 3.63) is 35.2 Å². The normalized spacial score (nSPS) is 10.2. The van der Waals surface area contributed by atoms with E-state index in [0.717, 1.165) is 0 Å². The van der Waals surface area contributed by atoms with Crippen LogP contribution in [0.15, 0.2) is 24.5 Å². The molecule has 2 rings (SSSR count). The van der Waals surface area contributed by atoms with Crippen molar-refractivity contribution in [3.63, 3.8) is 0 Å². The number of alkyl halides is 1. The molecule has 1 aromatic carbocycles. The van der Waals surface area contributed by atoms with Crippen LogP contribution >= 0.6 is 23.2 Å². The molecule has 5 nitrogen and oxygen atoms in total. The Morgan fingerprint density at radius 2 is 1.75 bits per heavy atom. The van der Waals surface area contributed by atoms with Gasteiger partial charge in [-0.05, 0) is 12.1 Å². The molecule has 0 atom stereocenters. The zero-order valence-electron chi connectivity index (χ0n) is 10.9. The molecule has 0 radical (unpaired) electrons. The summed E-state index contributed by atoms with van der Waals surface area (Å²) in [6.07, 6.45) is 1.30. The third kappa shape index (κ3) is 2.89. The minimum Gasteiger partial charge on any atom is -0.493 e. The standard InChI is InChI=1S/C13H12Cl2N2O3/c1-18-9-4-3-5-10(19-2)11(9)20-13-8(6-14)12(15)16-7-17-13/h3-5,7H,6H2,1-2H3. The monoisotopic (exact) mass is 314 g/mol. The number of hydrogen-bond donors (Lipinski definition) is 0. The molecule has 0 bridgehead atoms. The summed E-state index contributed by atoms with van der Waals surface area (Å²) in [5.41, 5.74) is 0.504. The number of hydrogen-bond acceptors (Lipinski definition) is 5. The summed E-state index contributed by atoms with van der Waals surface area (Å²) in [7, 11) is 3.08. The minimum absolute atomic E-state index is 0.131. The van der Waals surface area contributed by atoms with Crippen LogP contribution in [-0.2, 0) is 5.88 Å². The Balaban J connectivity index is 2.47. The Bertz CT molecular complexity index is 586. The predicted octanol–water partition coefficient (Wildman–Crippen LogP) is 3.68. The summed E-state index contributed by atoms with van der Waals surface area (Å²) in [5, 5.41) is 0.249. The second-order valence-electron chi connectivity index (χ2n) is 3.68. The van der Waals surface area contributed by atoms with Crippen molar-refractivity contribution in [1.82, 2.24) is 9.97 Å². The average molecular weight is 315 g/mol. The molecule has 7 heteroatoms. The lowest BCUT2D eigenvalue weighted by atomic mass is 10.3. The Kier molecular flexibility index (Phi) is 4.87. The number of para-hydroxylation sites is 1. The predicted molar refractivity (Wildman–Crippen MR) is 76.2 cm³/mol. The maximum atomic E-state index is 5.97. The molecular formula is C13H12Cl2N2O3. The van der Waals surface area contributed by atoms with Gasteiger partial charge in [-0.15, -0.1) is 11.6 Å². The van der Waals surface area contributed by atoms with Gasteiger partial charge in [-0.3, -0.25) is 0 Å². The number of benzene rings is 1. The van der Waals surface area contributed by atoms with Gasteiger partial charge in [0.05, 0.1) is 25.7 Å². The Hall–Kier alpha value is -1.72. The lowest BCUT2D eigenvalue weighted by Gasteiger charge is -2.14. The van der Waals surface area contributed by atoms with Crippen LogP contribution in [0, 0.1) is 0 Å². The van der Waals surface area contributed by atoms with Crippen molar-refractivity contribution in [2.45, 2.75) is 5.88 Å². The van der Waals surface area contributed by atoms with Crippen molar-refractivity contribution in [3.8, 4) is 23.1 Å². The fraction of sp³-hybridized carbons (Fsp3) is 0.231. The van der Waals surface area contributed by atoms with Crippen LogP contribution in [-0.4, -0.2) is 24.2 Å². The van der Waals surface area contributed by atoms with Crippen molar-refractivity contribution >= 4 is 23.2 Å². The molecule has 0 fully saturated rings. The molecule has 0 amide bonds.